The number of anilines is 2. The minimum Gasteiger partial charge on any atom is -0.462 e. The quantitative estimate of drug-likeness (QED) is 0.504. The number of nitrogen functional groups attached to an aromatic ring is 1. The number of aliphatic hydroxyl groups excluding tert-OH is 1. The maximum Gasteiger partial charge on any atom is 0.344 e. The highest BCUT2D eigenvalue weighted by molar-refractivity contribution is 7.11. The van der Waals surface area contributed by atoms with Gasteiger partial charge in [0.15, 0.2) is 5.82 Å². The van der Waals surface area contributed by atoms with Gasteiger partial charge in [0.2, 0.25) is 0 Å². The van der Waals surface area contributed by atoms with Crippen molar-refractivity contribution in [2.45, 2.75) is 13.3 Å². The van der Waals surface area contributed by atoms with Crippen LogP contribution in [-0.2, 0) is 4.74 Å². The third-order valence-corrected chi connectivity index (χ3v) is 2.64. The second-order valence-electron chi connectivity index (χ2n) is 3.00. The summed E-state index contributed by atoms with van der Waals surface area (Å²) in [5.41, 5.74) is 5.87. The summed E-state index contributed by atoms with van der Waals surface area (Å²) in [6.07, 6.45) is 0.597. The second kappa shape index (κ2) is 6.29. The van der Waals surface area contributed by atoms with Crippen molar-refractivity contribution >= 4 is 28.3 Å². The van der Waals surface area contributed by atoms with Crippen LogP contribution in [0.25, 0.3) is 0 Å². The highest BCUT2D eigenvalue weighted by atomic mass is 32.1. The highest BCUT2D eigenvalue weighted by Crippen LogP contribution is 2.27. The van der Waals surface area contributed by atoms with E-state index in [0.29, 0.717) is 24.6 Å². The summed E-state index contributed by atoms with van der Waals surface area (Å²) < 4.78 is 8.76. The van der Waals surface area contributed by atoms with E-state index in [1.54, 1.807) is 6.92 Å². The first-order chi connectivity index (χ1) is 7.70. The van der Waals surface area contributed by atoms with E-state index in [9.17, 15) is 4.79 Å². The molecule has 0 aromatic carbocycles. The normalized spacial score (nSPS) is 10.1. The number of aliphatic hydroxyl groups is 1. The van der Waals surface area contributed by atoms with Crippen LogP contribution in [0, 0.1) is 0 Å². The number of aromatic nitrogens is 1. The standard InChI is InChI=1S/C9H15N3O3S/c1-2-15-9(14)6-7(10)12-16-8(6)11-4-3-5-13/h11,13H,2-5H2,1H3,(H2,10,12). The predicted octanol–water partition coefficient (Wildman–Crippen LogP) is 0.696. The molecule has 6 nitrogen and oxygen atoms in total. The molecule has 0 saturated heterocycles. The fourth-order valence-electron chi connectivity index (χ4n) is 1.10. The molecule has 1 rings (SSSR count). The van der Waals surface area contributed by atoms with Gasteiger partial charge in [-0.1, -0.05) is 0 Å². The summed E-state index contributed by atoms with van der Waals surface area (Å²) in [7, 11) is 0. The Bertz CT molecular complexity index is 354. The Morgan fingerprint density at radius 3 is 3.06 bits per heavy atom. The van der Waals surface area contributed by atoms with Crippen LogP contribution >= 0.6 is 11.5 Å². The number of nitrogens with two attached hydrogens (primary N) is 1. The van der Waals surface area contributed by atoms with Crippen molar-refractivity contribution in [2.75, 3.05) is 30.8 Å². The summed E-state index contributed by atoms with van der Waals surface area (Å²) in [5.74, 6) is -0.296. The first-order valence-corrected chi connectivity index (χ1v) is 5.75. The molecule has 0 radical (unpaired) electrons. The topological polar surface area (TPSA) is 97.5 Å². The van der Waals surface area contributed by atoms with Gasteiger partial charge in [-0.05, 0) is 24.9 Å². The average molecular weight is 245 g/mol. The molecule has 1 aromatic heterocycles. The van der Waals surface area contributed by atoms with Crippen LogP contribution in [-0.4, -0.2) is 35.2 Å². The summed E-state index contributed by atoms with van der Waals surface area (Å²) in [6, 6.07) is 0. The van der Waals surface area contributed by atoms with Crippen LogP contribution in [0.15, 0.2) is 0 Å². The fourth-order valence-corrected chi connectivity index (χ4v) is 1.83. The van der Waals surface area contributed by atoms with Crippen molar-refractivity contribution in [1.82, 2.24) is 4.37 Å². The fraction of sp³-hybridized carbons (Fsp3) is 0.556. The number of carbonyl (C=O) groups is 1. The molecule has 0 spiro atoms. The van der Waals surface area contributed by atoms with Gasteiger partial charge in [0.05, 0.1) is 6.61 Å². The van der Waals surface area contributed by atoms with Gasteiger partial charge in [-0.15, -0.1) is 0 Å². The molecule has 0 atom stereocenters. The van der Waals surface area contributed by atoms with Gasteiger partial charge in [0, 0.05) is 13.2 Å². The monoisotopic (exact) mass is 245 g/mol. The summed E-state index contributed by atoms with van der Waals surface area (Å²) in [6.45, 7) is 2.68. The average Bonchev–Trinajstić information content (AvgIpc) is 2.61. The molecule has 0 bridgehead atoms. The van der Waals surface area contributed by atoms with Gasteiger partial charge in [-0.2, -0.15) is 4.37 Å². The Morgan fingerprint density at radius 2 is 2.44 bits per heavy atom. The Kier molecular flexibility index (Phi) is 5.00. The third-order valence-electron chi connectivity index (χ3n) is 1.82. The first kappa shape index (κ1) is 12.7. The molecule has 0 saturated carbocycles. The maximum atomic E-state index is 11.6. The van der Waals surface area contributed by atoms with E-state index < -0.39 is 5.97 Å². The lowest BCUT2D eigenvalue weighted by Crippen LogP contribution is -2.11. The van der Waals surface area contributed by atoms with E-state index in [4.69, 9.17) is 15.6 Å². The molecule has 0 aliphatic rings. The molecule has 1 heterocycles. The van der Waals surface area contributed by atoms with Gasteiger partial charge < -0.3 is 20.9 Å². The predicted molar refractivity (Wildman–Crippen MR) is 62.7 cm³/mol. The SMILES string of the molecule is CCOC(=O)c1c(N)nsc1NCCCO. The Hall–Kier alpha value is -1.34. The lowest BCUT2D eigenvalue weighted by Gasteiger charge is -2.05. The number of esters is 1. The van der Waals surface area contributed by atoms with E-state index in [2.05, 4.69) is 9.69 Å². The summed E-state index contributed by atoms with van der Waals surface area (Å²) >= 11 is 1.11. The van der Waals surface area contributed by atoms with Crippen LogP contribution in [0.2, 0.25) is 0 Å². The second-order valence-corrected chi connectivity index (χ2v) is 3.77. The van der Waals surface area contributed by atoms with Crippen LogP contribution in [0.4, 0.5) is 10.8 Å². The lowest BCUT2D eigenvalue weighted by molar-refractivity contribution is 0.0529. The van der Waals surface area contributed by atoms with Crippen LogP contribution in [0.3, 0.4) is 0 Å². The van der Waals surface area contributed by atoms with Gasteiger partial charge in [0.25, 0.3) is 0 Å². The van der Waals surface area contributed by atoms with Crippen molar-refractivity contribution in [3.8, 4) is 0 Å². The van der Waals surface area contributed by atoms with Crippen molar-refractivity contribution in [1.29, 1.82) is 0 Å². The van der Waals surface area contributed by atoms with Crippen molar-refractivity contribution in [2.24, 2.45) is 0 Å². The molecule has 4 N–H and O–H groups in total. The van der Waals surface area contributed by atoms with Crippen molar-refractivity contribution in [3.63, 3.8) is 0 Å². The molecule has 0 aliphatic heterocycles. The van der Waals surface area contributed by atoms with Gasteiger partial charge in [-0.3, -0.25) is 0 Å². The van der Waals surface area contributed by atoms with E-state index in [1.165, 1.54) is 0 Å². The zero-order valence-electron chi connectivity index (χ0n) is 9.02. The van der Waals surface area contributed by atoms with Crippen molar-refractivity contribution < 1.29 is 14.6 Å². The number of hydrogen-bond donors (Lipinski definition) is 3. The lowest BCUT2D eigenvalue weighted by atomic mass is 10.3. The van der Waals surface area contributed by atoms with Crippen molar-refractivity contribution in [3.05, 3.63) is 5.56 Å². The smallest absolute Gasteiger partial charge is 0.344 e. The molecular weight excluding hydrogens is 230 g/mol. The van der Waals surface area contributed by atoms with E-state index in [0.717, 1.165) is 11.5 Å². The summed E-state index contributed by atoms with van der Waals surface area (Å²) in [5, 5.41) is 12.2. The summed E-state index contributed by atoms with van der Waals surface area (Å²) in [4.78, 5) is 11.6. The Labute approximate surface area is 97.6 Å². The number of nitrogens with one attached hydrogen (secondary N) is 1. The van der Waals surface area contributed by atoms with Crippen LogP contribution in [0.5, 0.6) is 0 Å². The van der Waals surface area contributed by atoms with E-state index >= 15 is 0 Å². The largest absolute Gasteiger partial charge is 0.462 e. The number of rotatable bonds is 6. The number of ether oxygens (including phenoxy) is 1. The minimum absolute atomic E-state index is 0.0933. The molecule has 0 unspecified atom stereocenters. The van der Waals surface area contributed by atoms with Gasteiger partial charge in [0.1, 0.15) is 10.6 Å². The van der Waals surface area contributed by atoms with Crippen LogP contribution < -0.4 is 11.1 Å². The molecule has 90 valence electrons. The number of carbonyl (C=O) groups excluding carboxylic acids is 1. The molecule has 7 heteroatoms. The highest BCUT2D eigenvalue weighted by Gasteiger charge is 2.19. The first-order valence-electron chi connectivity index (χ1n) is 4.97. The Balaban J connectivity index is 2.73. The molecule has 16 heavy (non-hydrogen) atoms. The Morgan fingerprint density at radius 1 is 1.69 bits per heavy atom. The minimum atomic E-state index is -0.472. The molecule has 0 amide bonds. The van der Waals surface area contributed by atoms with Gasteiger partial charge in [-0.25, -0.2) is 4.79 Å². The zero-order valence-corrected chi connectivity index (χ0v) is 9.84. The molecule has 0 aliphatic carbocycles. The van der Waals surface area contributed by atoms with Gasteiger partial charge >= 0.3 is 5.97 Å². The molecule has 1 aromatic rings. The van der Waals surface area contributed by atoms with E-state index in [1.807, 2.05) is 0 Å². The van der Waals surface area contributed by atoms with Crippen LogP contribution in [0.1, 0.15) is 23.7 Å². The molecule has 0 fully saturated rings. The number of nitrogens with zero attached hydrogens (tertiary/aromatic N) is 1. The van der Waals surface area contributed by atoms with E-state index in [-0.39, 0.29) is 18.0 Å². The maximum absolute atomic E-state index is 11.6. The molecular formula is C9H15N3O3S. The number of hydrogen-bond acceptors (Lipinski definition) is 7. The zero-order chi connectivity index (χ0) is 12.0. The third kappa shape index (κ3) is 3.07.